The lowest BCUT2D eigenvalue weighted by Crippen LogP contribution is -2.46. The smallest absolute Gasteiger partial charge is 0.142 e. The van der Waals surface area contributed by atoms with E-state index in [9.17, 15) is 5.26 Å². The highest BCUT2D eigenvalue weighted by Crippen LogP contribution is 2.18. The van der Waals surface area contributed by atoms with Crippen LogP contribution in [0.5, 0.6) is 0 Å². The number of rotatable bonds is 5. The molecule has 0 saturated heterocycles. The van der Waals surface area contributed by atoms with Gasteiger partial charge in [0.25, 0.3) is 0 Å². The van der Waals surface area contributed by atoms with E-state index in [1.807, 2.05) is 37.4 Å². The fraction of sp³-hybridized carbons (Fsp3) is 0.500. The van der Waals surface area contributed by atoms with E-state index in [0.29, 0.717) is 12.5 Å². The molecule has 0 saturated carbocycles. The minimum absolute atomic E-state index is 0.547. The molecule has 0 fully saturated rings. The quantitative estimate of drug-likeness (QED) is 0.842. The number of nitriles is 1. The Labute approximate surface area is 104 Å². The molecule has 1 aromatic rings. The minimum atomic E-state index is -0.926. The number of nitrogens with zero attached hydrogens (tertiary/aromatic N) is 2. The van der Waals surface area contributed by atoms with Crippen LogP contribution in [0.4, 0.5) is 0 Å². The van der Waals surface area contributed by atoms with E-state index in [0.717, 1.165) is 12.1 Å². The van der Waals surface area contributed by atoms with Gasteiger partial charge in [-0.1, -0.05) is 44.2 Å². The monoisotopic (exact) mass is 231 g/mol. The van der Waals surface area contributed by atoms with Gasteiger partial charge in [-0.15, -0.1) is 0 Å². The van der Waals surface area contributed by atoms with E-state index >= 15 is 0 Å². The Morgan fingerprint density at radius 3 is 2.41 bits per heavy atom. The number of hydrogen-bond donors (Lipinski definition) is 1. The van der Waals surface area contributed by atoms with E-state index < -0.39 is 5.54 Å². The molecule has 1 unspecified atom stereocenters. The minimum Gasteiger partial charge on any atom is -0.309 e. The van der Waals surface area contributed by atoms with E-state index in [1.54, 1.807) is 0 Å². The molecule has 0 aliphatic rings. The first-order chi connectivity index (χ1) is 7.98. The van der Waals surface area contributed by atoms with Gasteiger partial charge in [0.15, 0.2) is 0 Å². The number of hydrogen-bond acceptors (Lipinski definition) is 3. The standard InChI is InChI=1S/C14H21N3/c1-12(2)9-17(3)11-14(16,10-15)13-7-5-4-6-8-13/h4-8,12H,9,11,16H2,1-3H3. The van der Waals surface area contributed by atoms with Gasteiger partial charge < -0.3 is 10.6 Å². The molecule has 0 bridgehead atoms. The van der Waals surface area contributed by atoms with Gasteiger partial charge in [0.2, 0.25) is 0 Å². The maximum Gasteiger partial charge on any atom is 0.142 e. The Hall–Kier alpha value is -1.37. The summed E-state index contributed by atoms with van der Waals surface area (Å²) in [5, 5.41) is 9.32. The second kappa shape index (κ2) is 5.81. The first kappa shape index (κ1) is 13.7. The zero-order chi connectivity index (χ0) is 12.9. The molecular weight excluding hydrogens is 210 g/mol. The lowest BCUT2D eigenvalue weighted by atomic mass is 9.92. The fourth-order valence-electron chi connectivity index (χ4n) is 2.04. The zero-order valence-electron chi connectivity index (χ0n) is 10.9. The van der Waals surface area contributed by atoms with Crippen molar-refractivity contribution in [1.29, 1.82) is 5.26 Å². The van der Waals surface area contributed by atoms with Crippen molar-refractivity contribution in [2.24, 2.45) is 11.7 Å². The Bertz CT molecular complexity index is 380. The molecule has 1 atom stereocenters. The molecule has 92 valence electrons. The van der Waals surface area contributed by atoms with Crippen LogP contribution in [-0.2, 0) is 5.54 Å². The summed E-state index contributed by atoms with van der Waals surface area (Å²) in [6, 6.07) is 11.8. The lowest BCUT2D eigenvalue weighted by molar-refractivity contribution is 0.254. The van der Waals surface area contributed by atoms with Crippen LogP contribution in [0.25, 0.3) is 0 Å². The number of nitrogens with two attached hydrogens (primary N) is 1. The van der Waals surface area contributed by atoms with Crippen LogP contribution in [0.15, 0.2) is 30.3 Å². The highest BCUT2D eigenvalue weighted by atomic mass is 15.1. The molecule has 0 aliphatic heterocycles. The summed E-state index contributed by atoms with van der Waals surface area (Å²) in [6.07, 6.45) is 0. The van der Waals surface area contributed by atoms with Crippen LogP contribution < -0.4 is 5.73 Å². The molecule has 0 radical (unpaired) electrons. The van der Waals surface area contributed by atoms with Gasteiger partial charge in [-0.05, 0) is 18.5 Å². The molecule has 0 heterocycles. The zero-order valence-corrected chi connectivity index (χ0v) is 10.9. The van der Waals surface area contributed by atoms with Gasteiger partial charge in [0.05, 0.1) is 6.07 Å². The topological polar surface area (TPSA) is 53.0 Å². The fourth-order valence-corrected chi connectivity index (χ4v) is 2.04. The van der Waals surface area contributed by atoms with E-state index in [-0.39, 0.29) is 0 Å². The van der Waals surface area contributed by atoms with Crippen LogP contribution in [0.3, 0.4) is 0 Å². The predicted octanol–water partition coefficient (Wildman–Crippen LogP) is 1.95. The molecule has 0 aliphatic carbocycles. The van der Waals surface area contributed by atoms with Crippen LogP contribution >= 0.6 is 0 Å². The highest BCUT2D eigenvalue weighted by molar-refractivity contribution is 5.31. The molecule has 3 nitrogen and oxygen atoms in total. The summed E-state index contributed by atoms with van der Waals surface area (Å²) < 4.78 is 0. The molecule has 17 heavy (non-hydrogen) atoms. The third kappa shape index (κ3) is 3.85. The normalized spacial score (nSPS) is 14.6. The number of benzene rings is 1. The second-order valence-corrected chi connectivity index (χ2v) is 5.04. The van der Waals surface area contributed by atoms with Crippen molar-refractivity contribution in [3.8, 4) is 6.07 Å². The van der Waals surface area contributed by atoms with Gasteiger partial charge in [-0.2, -0.15) is 5.26 Å². The maximum absolute atomic E-state index is 9.32. The van der Waals surface area contributed by atoms with Crippen LogP contribution in [-0.4, -0.2) is 25.0 Å². The van der Waals surface area contributed by atoms with E-state index in [2.05, 4.69) is 24.8 Å². The molecule has 0 amide bonds. The molecule has 2 N–H and O–H groups in total. The average Bonchev–Trinajstić information content (AvgIpc) is 2.29. The van der Waals surface area contributed by atoms with Gasteiger partial charge in [0, 0.05) is 13.1 Å². The summed E-state index contributed by atoms with van der Waals surface area (Å²) in [5.41, 5.74) is 6.14. The average molecular weight is 231 g/mol. The van der Waals surface area contributed by atoms with E-state index in [1.165, 1.54) is 0 Å². The molecule has 1 aromatic carbocycles. The van der Waals surface area contributed by atoms with Crippen molar-refractivity contribution >= 4 is 0 Å². The van der Waals surface area contributed by atoms with Crippen molar-refractivity contribution < 1.29 is 0 Å². The Morgan fingerprint density at radius 1 is 1.35 bits per heavy atom. The van der Waals surface area contributed by atoms with Crippen molar-refractivity contribution in [3.05, 3.63) is 35.9 Å². The van der Waals surface area contributed by atoms with Crippen LogP contribution in [0, 0.1) is 17.2 Å². The Kier molecular flexibility index (Phi) is 4.68. The number of likely N-dealkylation sites (N-methyl/N-ethyl adjacent to an activating group) is 1. The third-order valence-corrected chi connectivity index (χ3v) is 2.68. The summed E-state index contributed by atoms with van der Waals surface area (Å²) in [4.78, 5) is 2.11. The van der Waals surface area contributed by atoms with E-state index in [4.69, 9.17) is 5.73 Å². The van der Waals surface area contributed by atoms with Gasteiger partial charge in [-0.25, -0.2) is 0 Å². The van der Waals surface area contributed by atoms with Crippen LogP contribution in [0.2, 0.25) is 0 Å². The first-order valence-electron chi connectivity index (χ1n) is 5.92. The SMILES string of the molecule is CC(C)CN(C)CC(N)(C#N)c1ccccc1. The largest absolute Gasteiger partial charge is 0.309 e. The second-order valence-electron chi connectivity index (χ2n) is 5.04. The summed E-state index contributed by atoms with van der Waals surface area (Å²) in [6.45, 7) is 5.80. The summed E-state index contributed by atoms with van der Waals surface area (Å²) in [5.74, 6) is 0.568. The predicted molar refractivity (Wildman–Crippen MR) is 70.3 cm³/mol. The molecule has 0 spiro atoms. The van der Waals surface area contributed by atoms with Crippen molar-refractivity contribution in [3.63, 3.8) is 0 Å². The molecule has 3 heteroatoms. The van der Waals surface area contributed by atoms with Crippen molar-refractivity contribution in [2.75, 3.05) is 20.1 Å². The maximum atomic E-state index is 9.32. The van der Waals surface area contributed by atoms with Gasteiger partial charge in [0.1, 0.15) is 5.54 Å². The van der Waals surface area contributed by atoms with Crippen molar-refractivity contribution in [2.45, 2.75) is 19.4 Å². The third-order valence-electron chi connectivity index (χ3n) is 2.68. The lowest BCUT2D eigenvalue weighted by Gasteiger charge is -2.29. The van der Waals surface area contributed by atoms with Gasteiger partial charge >= 0.3 is 0 Å². The summed E-state index contributed by atoms with van der Waals surface area (Å²) in [7, 11) is 2.00. The van der Waals surface area contributed by atoms with Crippen molar-refractivity contribution in [1.82, 2.24) is 4.90 Å². The first-order valence-corrected chi connectivity index (χ1v) is 5.92. The Balaban J connectivity index is 2.81. The highest BCUT2D eigenvalue weighted by Gasteiger charge is 2.28. The molecule has 1 rings (SSSR count). The van der Waals surface area contributed by atoms with Crippen LogP contribution in [0.1, 0.15) is 19.4 Å². The van der Waals surface area contributed by atoms with Gasteiger partial charge in [-0.3, -0.25) is 0 Å². The molecular formula is C14H21N3. The Morgan fingerprint density at radius 2 is 1.94 bits per heavy atom. The molecule has 0 aromatic heterocycles. The summed E-state index contributed by atoms with van der Waals surface area (Å²) >= 11 is 0.